The zero-order chi connectivity index (χ0) is 23.6. The first-order valence-corrected chi connectivity index (χ1v) is 11.0. The van der Waals surface area contributed by atoms with E-state index >= 15 is 0 Å². The summed E-state index contributed by atoms with van der Waals surface area (Å²) < 4.78 is 23.0. The normalized spacial score (nSPS) is 10.6. The van der Waals surface area contributed by atoms with Crippen LogP contribution in [0.5, 0.6) is 23.1 Å². The second-order valence-corrected chi connectivity index (χ2v) is 7.35. The molecule has 0 atom stereocenters. The van der Waals surface area contributed by atoms with Gasteiger partial charge in [-0.25, -0.2) is 15.0 Å². The van der Waals surface area contributed by atoms with Crippen LogP contribution in [0.3, 0.4) is 0 Å². The Morgan fingerprint density at radius 2 is 1.50 bits per heavy atom. The number of hydrogen-bond acceptors (Lipinski definition) is 8. The van der Waals surface area contributed by atoms with Gasteiger partial charge in [0.15, 0.2) is 22.5 Å². The predicted octanol–water partition coefficient (Wildman–Crippen LogP) is 5.03. The van der Waals surface area contributed by atoms with Crippen molar-refractivity contribution < 1.29 is 18.9 Å². The summed E-state index contributed by atoms with van der Waals surface area (Å²) in [5.41, 5.74) is 1.21. The summed E-state index contributed by atoms with van der Waals surface area (Å²) in [6.07, 6.45) is 4.01. The third kappa shape index (κ3) is 6.18. The Morgan fingerprint density at radius 1 is 0.765 bits per heavy atom. The van der Waals surface area contributed by atoms with Crippen LogP contribution in [0.1, 0.15) is 5.56 Å². The number of rotatable bonds is 11. The van der Waals surface area contributed by atoms with Gasteiger partial charge >= 0.3 is 0 Å². The maximum atomic E-state index is 6.48. The molecule has 0 bridgehead atoms. The first kappa shape index (κ1) is 23.4. The molecule has 0 aliphatic carbocycles. The Labute approximate surface area is 202 Å². The fraction of sp³-hybridized carbons (Fsp3) is 0.200. The molecule has 0 radical (unpaired) electrons. The molecule has 0 fully saturated rings. The number of aromatic nitrogens is 4. The Morgan fingerprint density at radius 3 is 2.26 bits per heavy atom. The van der Waals surface area contributed by atoms with Crippen LogP contribution in [0.4, 0.5) is 0 Å². The molecule has 0 aliphatic heterocycles. The molecule has 0 unspecified atom stereocenters. The van der Waals surface area contributed by atoms with E-state index in [1.54, 1.807) is 37.7 Å². The molecule has 4 aromatic rings. The van der Waals surface area contributed by atoms with Gasteiger partial charge in [-0.3, -0.25) is 0 Å². The zero-order valence-corrected chi connectivity index (χ0v) is 19.3. The maximum absolute atomic E-state index is 6.48. The largest absolute Gasteiger partial charge is 0.493 e. The number of benzene rings is 2. The van der Waals surface area contributed by atoms with Gasteiger partial charge in [-0.15, -0.1) is 0 Å². The third-order valence-electron chi connectivity index (χ3n) is 4.68. The highest BCUT2D eigenvalue weighted by Crippen LogP contribution is 2.40. The topological polar surface area (TPSA) is 88.5 Å². The average molecular weight is 479 g/mol. The zero-order valence-electron chi connectivity index (χ0n) is 18.6. The Balaban J connectivity index is 1.48. The predicted molar refractivity (Wildman–Crippen MR) is 128 cm³/mol. The minimum atomic E-state index is 0.0587. The second kappa shape index (κ2) is 11.9. The number of halogens is 1. The molecule has 4 rings (SSSR count). The van der Waals surface area contributed by atoms with E-state index < -0.39 is 0 Å². The minimum Gasteiger partial charge on any atom is -0.493 e. The van der Waals surface area contributed by atoms with Crippen molar-refractivity contribution in [3.63, 3.8) is 0 Å². The number of para-hydroxylation sites is 2. The van der Waals surface area contributed by atoms with Gasteiger partial charge in [0.2, 0.25) is 11.6 Å². The fourth-order valence-corrected chi connectivity index (χ4v) is 3.25. The summed E-state index contributed by atoms with van der Waals surface area (Å²) in [5, 5.41) is 0.0587. The summed E-state index contributed by atoms with van der Waals surface area (Å²) in [5.74, 6) is 1.83. The van der Waals surface area contributed by atoms with Crippen LogP contribution in [0, 0.1) is 0 Å². The van der Waals surface area contributed by atoms with Crippen molar-refractivity contribution in [1.82, 2.24) is 19.9 Å². The van der Waals surface area contributed by atoms with Crippen molar-refractivity contribution in [2.45, 2.75) is 6.42 Å². The Hall–Kier alpha value is -3.75. The molecule has 2 heterocycles. The quantitative estimate of drug-likeness (QED) is 0.219. The molecule has 34 heavy (non-hydrogen) atoms. The molecule has 0 saturated carbocycles. The SMILES string of the molecule is COc1ccccc1Oc1c(Cl)nc(-c2ncccn2)nc1OCCOCCc1ccccc1. The highest BCUT2D eigenvalue weighted by molar-refractivity contribution is 6.31. The number of hydrogen-bond donors (Lipinski definition) is 0. The summed E-state index contributed by atoms with van der Waals surface area (Å²) in [4.78, 5) is 17.1. The van der Waals surface area contributed by atoms with Crippen LogP contribution < -0.4 is 14.2 Å². The van der Waals surface area contributed by atoms with E-state index in [0.717, 1.165) is 6.42 Å². The smallest absolute Gasteiger partial charge is 0.263 e. The molecule has 2 aromatic heterocycles. The molecule has 0 spiro atoms. The van der Waals surface area contributed by atoms with Gasteiger partial charge in [-0.2, -0.15) is 4.98 Å². The lowest BCUT2D eigenvalue weighted by Gasteiger charge is -2.15. The van der Waals surface area contributed by atoms with Gasteiger partial charge in [-0.05, 0) is 30.2 Å². The molecule has 2 aromatic carbocycles. The molecule has 9 heteroatoms. The number of ether oxygens (including phenoxy) is 4. The molecular weight excluding hydrogens is 456 g/mol. The highest BCUT2D eigenvalue weighted by Gasteiger charge is 2.20. The summed E-state index contributed by atoms with van der Waals surface area (Å²) in [6, 6.07) is 19.0. The molecule has 8 nitrogen and oxygen atoms in total. The van der Waals surface area contributed by atoms with Crippen molar-refractivity contribution in [1.29, 1.82) is 0 Å². The summed E-state index contributed by atoms with van der Waals surface area (Å²) in [6.45, 7) is 1.17. The van der Waals surface area contributed by atoms with Crippen LogP contribution >= 0.6 is 11.6 Å². The minimum absolute atomic E-state index is 0.0587. The first-order chi connectivity index (χ1) is 16.7. The van der Waals surface area contributed by atoms with Gasteiger partial charge < -0.3 is 18.9 Å². The van der Waals surface area contributed by atoms with Crippen molar-refractivity contribution in [2.75, 3.05) is 26.9 Å². The average Bonchev–Trinajstić information content (AvgIpc) is 2.89. The van der Waals surface area contributed by atoms with E-state index in [4.69, 9.17) is 30.5 Å². The van der Waals surface area contributed by atoms with Gasteiger partial charge in [0.1, 0.15) is 6.61 Å². The van der Waals surface area contributed by atoms with E-state index in [1.807, 2.05) is 30.3 Å². The summed E-state index contributed by atoms with van der Waals surface area (Å²) in [7, 11) is 1.56. The molecular formula is C25H23ClN4O4. The first-order valence-electron chi connectivity index (χ1n) is 10.6. The monoisotopic (exact) mass is 478 g/mol. The van der Waals surface area contributed by atoms with Crippen LogP contribution in [0.2, 0.25) is 5.15 Å². The lowest BCUT2D eigenvalue weighted by atomic mass is 10.2. The lowest BCUT2D eigenvalue weighted by molar-refractivity contribution is 0.0996. The van der Waals surface area contributed by atoms with Crippen molar-refractivity contribution in [2.24, 2.45) is 0 Å². The van der Waals surface area contributed by atoms with Crippen LogP contribution in [-0.2, 0) is 11.2 Å². The van der Waals surface area contributed by atoms with E-state index in [9.17, 15) is 0 Å². The van der Waals surface area contributed by atoms with Crippen LogP contribution in [-0.4, -0.2) is 46.9 Å². The van der Waals surface area contributed by atoms with E-state index in [0.29, 0.717) is 30.5 Å². The highest BCUT2D eigenvalue weighted by atomic mass is 35.5. The van der Waals surface area contributed by atoms with Gasteiger partial charge in [0, 0.05) is 12.4 Å². The van der Waals surface area contributed by atoms with Crippen LogP contribution in [0.25, 0.3) is 11.6 Å². The molecule has 0 N–H and O–H groups in total. The molecule has 0 amide bonds. The van der Waals surface area contributed by atoms with Crippen LogP contribution in [0.15, 0.2) is 73.1 Å². The molecule has 0 aliphatic rings. The van der Waals surface area contributed by atoms with E-state index in [1.165, 1.54) is 5.56 Å². The standard InChI is InChI=1S/C25H23ClN4O4/c1-31-19-10-5-6-11-20(19)34-21-22(26)29-24(23-27-13-7-14-28-23)30-25(21)33-17-16-32-15-12-18-8-3-2-4-9-18/h2-11,13-14H,12,15-17H2,1H3. The van der Waals surface area contributed by atoms with Crippen molar-refractivity contribution in [3.05, 3.63) is 83.8 Å². The fourth-order valence-electron chi connectivity index (χ4n) is 3.05. The molecule has 0 saturated heterocycles. The maximum Gasteiger partial charge on any atom is 0.263 e. The van der Waals surface area contributed by atoms with Crippen molar-refractivity contribution in [3.8, 4) is 34.8 Å². The summed E-state index contributed by atoms with van der Waals surface area (Å²) >= 11 is 6.48. The second-order valence-electron chi connectivity index (χ2n) is 6.99. The molecule has 174 valence electrons. The van der Waals surface area contributed by atoms with Gasteiger partial charge in [-0.1, -0.05) is 54.1 Å². The van der Waals surface area contributed by atoms with Crippen molar-refractivity contribution >= 4 is 11.6 Å². The van der Waals surface area contributed by atoms with Gasteiger partial charge in [0.05, 0.1) is 20.3 Å². The number of nitrogens with zero attached hydrogens (tertiary/aromatic N) is 4. The van der Waals surface area contributed by atoms with E-state index in [2.05, 4.69) is 32.1 Å². The lowest BCUT2D eigenvalue weighted by Crippen LogP contribution is -2.11. The Kier molecular flexibility index (Phi) is 8.21. The third-order valence-corrected chi connectivity index (χ3v) is 4.94. The van der Waals surface area contributed by atoms with E-state index in [-0.39, 0.29) is 29.2 Å². The van der Waals surface area contributed by atoms with Gasteiger partial charge in [0.25, 0.3) is 5.88 Å². The Bertz CT molecular complexity index is 1200. The number of methoxy groups -OCH3 is 1.